The molecule has 0 aliphatic heterocycles. The summed E-state index contributed by atoms with van der Waals surface area (Å²) in [6.07, 6.45) is 0. The van der Waals surface area contributed by atoms with E-state index in [9.17, 15) is 9.59 Å². The van der Waals surface area contributed by atoms with E-state index in [1.807, 2.05) is 0 Å². The first kappa shape index (κ1) is 11.4. The molecule has 2 aromatic rings. The Balaban J connectivity index is 2.64. The summed E-state index contributed by atoms with van der Waals surface area (Å²) >= 11 is 5.97. The Kier molecular flexibility index (Phi) is 2.97. The molecule has 4 nitrogen and oxygen atoms in total. The minimum Gasteiger partial charge on any atom is -0.478 e. The van der Waals surface area contributed by atoms with Crippen LogP contribution >= 0.6 is 11.6 Å². The number of carboxylic acids is 1. The van der Waals surface area contributed by atoms with E-state index in [4.69, 9.17) is 16.7 Å². The number of hydrogen-bond acceptors (Lipinski definition) is 2. The average Bonchev–Trinajstić information content (AvgIpc) is 2.28. The molecule has 1 heterocycles. The number of aromatic carboxylic acids is 1. The molecule has 0 unspecified atom stereocenters. The third kappa shape index (κ3) is 2.37. The van der Waals surface area contributed by atoms with Crippen molar-refractivity contribution in [2.24, 2.45) is 0 Å². The van der Waals surface area contributed by atoms with E-state index in [0.717, 1.165) is 6.07 Å². The lowest BCUT2D eigenvalue weighted by molar-refractivity contribution is 0.0696. The fourth-order valence-electron chi connectivity index (χ4n) is 1.49. The first-order chi connectivity index (χ1) is 8.08. The number of rotatable bonds is 2. The molecule has 0 aliphatic carbocycles. The minimum absolute atomic E-state index is 0.0660. The van der Waals surface area contributed by atoms with Crippen LogP contribution in [0.4, 0.5) is 0 Å². The van der Waals surface area contributed by atoms with Gasteiger partial charge in [-0.15, -0.1) is 0 Å². The summed E-state index contributed by atoms with van der Waals surface area (Å²) in [5.41, 5.74) is 0.443. The summed E-state index contributed by atoms with van der Waals surface area (Å²) in [7, 11) is 0. The van der Waals surface area contributed by atoms with Gasteiger partial charge in [-0.25, -0.2) is 4.79 Å². The standard InChI is InChI=1S/C12H8ClNO3/c13-9-4-2-1-3-8(9)10-5-7(12(16)17)6-11(15)14-10/h1-6H,(H,14,15)(H,16,17). The summed E-state index contributed by atoms with van der Waals surface area (Å²) in [5, 5.41) is 9.31. The number of nitrogens with one attached hydrogen (secondary N) is 1. The third-order valence-corrected chi connectivity index (χ3v) is 2.58. The summed E-state index contributed by atoms with van der Waals surface area (Å²) in [6, 6.07) is 9.30. The van der Waals surface area contributed by atoms with Crippen molar-refractivity contribution in [1.82, 2.24) is 4.98 Å². The van der Waals surface area contributed by atoms with Crippen molar-refractivity contribution >= 4 is 17.6 Å². The van der Waals surface area contributed by atoms with Gasteiger partial charge in [-0.2, -0.15) is 0 Å². The van der Waals surface area contributed by atoms with E-state index in [1.54, 1.807) is 24.3 Å². The maximum absolute atomic E-state index is 11.3. The monoisotopic (exact) mass is 249 g/mol. The molecule has 17 heavy (non-hydrogen) atoms. The van der Waals surface area contributed by atoms with Crippen molar-refractivity contribution in [3.8, 4) is 11.3 Å². The van der Waals surface area contributed by atoms with Gasteiger partial charge in [0.15, 0.2) is 0 Å². The van der Waals surface area contributed by atoms with Gasteiger partial charge in [0.1, 0.15) is 0 Å². The Hall–Kier alpha value is -2.07. The summed E-state index contributed by atoms with van der Waals surface area (Å²) in [4.78, 5) is 24.7. The Morgan fingerprint density at radius 2 is 1.94 bits per heavy atom. The Labute approximate surface area is 101 Å². The first-order valence-corrected chi connectivity index (χ1v) is 5.18. The van der Waals surface area contributed by atoms with Crippen LogP contribution < -0.4 is 5.56 Å². The second kappa shape index (κ2) is 4.43. The fourth-order valence-corrected chi connectivity index (χ4v) is 1.73. The highest BCUT2D eigenvalue weighted by Gasteiger charge is 2.09. The number of carboxylic acid groups (broad SMARTS) is 1. The number of halogens is 1. The van der Waals surface area contributed by atoms with Crippen LogP contribution in [0.25, 0.3) is 11.3 Å². The van der Waals surface area contributed by atoms with Gasteiger partial charge in [0, 0.05) is 16.7 Å². The van der Waals surface area contributed by atoms with Crippen LogP contribution in [-0.4, -0.2) is 16.1 Å². The normalized spacial score (nSPS) is 10.2. The molecule has 0 spiro atoms. The maximum Gasteiger partial charge on any atom is 0.335 e. The molecule has 1 aromatic heterocycles. The number of H-pyrrole nitrogens is 1. The Bertz CT molecular complexity index is 634. The van der Waals surface area contributed by atoms with Gasteiger partial charge in [0.05, 0.1) is 11.3 Å². The largest absolute Gasteiger partial charge is 0.478 e. The van der Waals surface area contributed by atoms with Gasteiger partial charge in [0.25, 0.3) is 0 Å². The molecule has 0 aliphatic rings. The van der Waals surface area contributed by atoms with Crippen molar-refractivity contribution in [2.75, 3.05) is 0 Å². The summed E-state index contributed by atoms with van der Waals surface area (Å²) in [5.74, 6) is -1.15. The lowest BCUT2D eigenvalue weighted by Gasteiger charge is -2.04. The first-order valence-electron chi connectivity index (χ1n) is 4.80. The van der Waals surface area contributed by atoms with Gasteiger partial charge in [-0.05, 0) is 12.1 Å². The van der Waals surface area contributed by atoms with E-state index < -0.39 is 11.5 Å². The van der Waals surface area contributed by atoms with E-state index in [-0.39, 0.29) is 5.56 Å². The van der Waals surface area contributed by atoms with Crippen LogP contribution in [0.15, 0.2) is 41.2 Å². The fraction of sp³-hybridized carbons (Fsp3) is 0. The molecule has 5 heteroatoms. The van der Waals surface area contributed by atoms with Gasteiger partial charge < -0.3 is 10.1 Å². The van der Waals surface area contributed by atoms with Crippen LogP contribution in [0.3, 0.4) is 0 Å². The zero-order chi connectivity index (χ0) is 12.4. The number of aromatic amines is 1. The predicted molar refractivity (Wildman–Crippen MR) is 64.5 cm³/mol. The Morgan fingerprint density at radius 3 is 2.59 bits per heavy atom. The number of carbonyl (C=O) groups is 1. The molecule has 0 bridgehead atoms. The van der Waals surface area contributed by atoms with Gasteiger partial charge in [0.2, 0.25) is 5.56 Å². The quantitative estimate of drug-likeness (QED) is 0.859. The molecule has 2 rings (SSSR count). The molecule has 0 saturated carbocycles. The molecule has 0 radical (unpaired) electrons. The Morgan fingerprint density at radius 1 is 1.24 bits per heavy atom. The summed E-state index contributed by atoms with van der Waals surface area (Å²) in [6.45, 7) is 0. The smallest absolute Gasteiger partial charge is 0.335 e. The lowest BCUT2D eigenvalue weighted by Crippen LogP contribution is -2.10. The average molecular weight is 250 g/mol. The van der Waals surface area contributed by atoms with Crippen LogP contribution in [0.2, 0.25) is 5.02 Å². The van der Waals surface area contributed by atoms with Gasteiger partial charge in [-0.3, -0.25) is 4.79 Å². The molecule has 0 atom stereocenters. The van der Waals surface area contributed by atoms with Crippen LogP contribution in [0.5, 0.6) is 0 Å². The van der Waals surface area contributed by atoms with Crippen molar-refractivity contribution in [3.05, 3.63) is 57.3 Å². The van der Waals surface area contributed by atoms with Crippen molar-refractivity contribution in [3.63, 3.8) is 0 Å². The van der Waals surface area contributed by atoms with E-state index in [2.05, 4.69) is 4.98 Å². The second-order valence-corrected chi connectivity index (χ2v) is 3.84. The van der Waals surface area contributed by atoms with Gasteiger partial charge >= 0.3 is 5.97 Å². The second-order valence-electron chi connectivity index (χ2n) is 3.43. The van der Waals surface area contributed by atoms with Crippen molar-refractivity contribution in [2.45, 2.75) is 0 Å². The highest BCUT2D eigenvalue weighted by atomic mass is 35.5. The zero-order valence-electron chi connectivity index (χ0n) is 8.61. The summed E-state index contributed by atoms with van der Waals surface area (Å²) < 4.78 is 0. The van der Waals surface area contributed by atoms with Crippen LogP contribution in [-0.2, 0) is 0 Å². The van der Waals surface area contributed by atoms with E-state index in [1.165, 1.54) is 6.07 Å². The highest BCUT2D eigenvalue weighted by molar-refractivity contribution is 6.33. The van der Waals surface area contributed by atoms with Crippen molar-refractivity contribution < 1.29 is 9.90 Å². The van der Waals surface area contributed by atoms with E-state index in [0.29, 0.717) is 16.3 Å². The predicted octanol–water partition coefficient (Wildman–Crippen LogP) is 2.39. The molecule has 0 amide bonds. The number of benzene rings is 1. The number of aromatic nitrogens is 1. The minimum atomic E-state index is -1.15. The molecule has 0 saturated heterocycles. The SMILES string of the molecule is O=C(O)c1cc(-c2ccccc2Cl)[nH]c(=O)c1. The molecular weight excluding hydrogens is 242 g/mol. The molecule has 2 N–H and O–H groups in total. The zero-order valence-corrected chi connectivity index (χ0v) is 9.36. The van der Waals surface area contributed by atoms with Crippen LogP contribution in [0.1, 0.15) is 10.4 Å². The molecule has 86 valence electrons. The van der Waals surface area contributed by atoms with Crippen LogP contribution in [0, 0.1) is 0 Å². The molecule has 0 fully saturated rings. The molecule has 1 aromatic carbocycles. The number of hydrogen-bond donors (Lipinski definition) is 2. The van der Waals surface area contributed by atoms with Gasteiger partial charge in [-0.1, -0.05) is 29.8 Å². The lowest BCUT2D eigenvalue weighted by atomic mass is 10.1. The number of pyridine rings is 1. The third-order valence-electron chi connectivity index (χ3n) is 2.26. The highest BCUT2D eigenvalue weighted by Crippen LogP contribution is 2.25. The molecular formula is C12H8ClNO3. The topological polar surface area (TPSA) is 70.2 Å². The maximum atomic E-state index is 11.3. The van der Waals surface area contributed by atoms with E-state index >= 15 is 0 Å². The van der Waals surface area contributed by atoms with Crippen molar-refractivity contribution in [1.29, 1.82) is 0 Å².